The number of benzene rings is 1. The Balaban J connectivity index is 1.84. The molecular formula is C21H30N4O2. The molecule has 1 aromatic heterocycles. The summed E-state index contributed by atoms with van der Waals surface area (Å²) in [4.78, 5) is 18.5. The lowest BCUT2D eigenvalue weighted by Gasteiger charge is -2.22. The summed E-state index contributed by atoms with van der Waals surface area (Å²) >= 11 is 0. The van der Waals surface area contributed by atoms with Gasteiger partial charge in [-0.05, 0) is 43.5 Å². The van der Waals surface area contributed by atoms with Crippen LogP contribution in [0.15, 0.2) is 58.4 Å². The van der Waals surface area contributed by atoms with Crippen LogP contribution in [0.4, 0.5) is 0 Å². The average molecular weight is 370 g/mol. The summed E-state index contributed by atoms with van der Waals surface area (Å²) < 4.78 is 6.95. The fourth-order valence-electron chi connectivity index (χ4n) is 2.77. The molecule has 0 amide bonds. The molecule has 146 valence electrons. The van der Waals surface area contributed by atoms with E-state index >= 15 is 0 Å². The smallest absolute Gasteiger partial charge is 0.250 e. The van der Waals surface area contributed by atoms with Crippen LogP contribution in [-0.2, 0) is 13.1 Å². The lowest BCUT2D eigenvalue weighted by molar-refractivity contribution is 0.414. The van der Waals surface area contributed by atoms with Crippen molar-refractivity contribution in [2.24, 2.45) is 4.99 Å². The molecule has 0 saturated carbocycles. The Morgan fingerprint density at radius 1 is 1.19 bits per heavy atom. The maximum absolute atomic E-state index is 11.7. The van der Waals surface area contributed by atoms with Crippen LogP contribution < -0.4 is 15.6 Å². The Morgan fingerprint density at radius 3 is 2.63 bits per heavy atom. The number of nitrogens with zero attached hydrogens (tertiary/aromatic N) is 3. The van der Waals surface area contributed by atoms with E-state index in [9.17, 15) is 4.79 Å². The van der Waals surface area contributed by atoms with Gasteiger partial charge in [-0.2, -0.15) is 0 Å². The number of aromatic nitrogens is 1. The molecule has 0 radical (unpaired) electrons. The highest BCUT2D eigenvalue weighted by molar-refractivity contribution is 5.79. The van der Waals surface area contributed by atoms with Gasteiger partial charge in [0.05, 0.1) is 7.11 Å². The summed E-state index contributed by atoms with van der Waals surface area (Å²) in [5.74, 6) is 1.75. The number of aryl methyl sites for hydroxylation is 1. The van der Waals surface area contributed by atoms with Crippen molar-refractivity contribution in [1.82, 2.24) is 14.8 Å². The van der Waals surface area contributed by atoms with Gasteiger partial charge in [0.15, 0.2) is 5.96 Å². The van der Waals surface area contributed by atoms with Gasteiger partial charge in [-0.25, -0.2) is 0 Å². The SMILES string of the molecule is CCNC(=NCCCCn1ccccc1=O)N(C)Cc1ccc(OC)cc1. The van der Waals surface area contributed by atoms with Crippen molar-refractivity contribution >= 4 is 5.96 Å². The standard InChI is InChI=1S/C21H30N4O2/c1-4-22-21(24(2)17-18-10-12-19(27-3)13-11-18)23-14-6-8-16-25-15-7-5-9-20(25)26/h5,7,9-13,15H,4,6,8,14,16-17H2,1-3H3,(H,22,23). The molecule has 0 aliphatic heterocycles. The summed E-state index contributed by atoms with van der Waals surface area (Å²) in [6.45, 7) is 5.13. The number of ether oxygens (including phenoxy) is 1. The quantitative estimate of drug-likeness (QED) is 0.419. The second-order valence-corrected chi connectivity index (χ2v) is 6.38. The summed E-state index contributed by atoms with van der Waals surface area (Å²) in [6, 6.07) is 13.3. The summed E-state index contributed by atoms with van der Waals surface area (Å²) in [6.07, 6.45) is 3.69. The lowest BCUT2D eigenvalue weighted by Crippen LogP contribution is -2.38. The first-order valence-electron chi connectivity index (χ1n) is 9.42. The predicted molar refractivity (Wildman–Crippen MR) is 110 cm³/mol. The van der Waals surface area contributed by atoms with Gasteiger partial charge in [-0.3, -0.25) is 9.79 Å². The Hall–Kier alpha value is -2.76. The number of pyridine rings is 1. The van der Waals surface area contributed by atoms with Gasteiger partial charge in [0.2, 0.25) is 5.56 Å². The minimum Gasteiger partial charge on any atom is -0.497 e. The Kier molecular flexibility index (Phi) is 8.42. The molecule has 0 aliphatic carbocycles. The number of hydrogen-bond donors (Lipinski definition) is 1. The van der Waals surface area contributed by atoms with Crippen molar-refractivity contribution in [3.05, 3.63) is 64.6 Å². The first-order valence-corrected chi connectivity index (χ1v) is 9.42. The van der Waals surface area contributed by atoms with E-state index in [1.807, 2.05) is 31.4 Å². The largest absolute Gasteiger partial charge is 0.497 e. The van der Waals surface area contributed by atoms with E-state index in [4.69, 9.17) is 9.73 Å². The highest BCUT2D eigenvalue weighted by Crippen LogP contribution is 2.12. The molecule has 1 heterocycles. The van der Waals surface area contributed by atoms with Gasteiger partial charge in [-0.15, -0.1) is 0 Å². The molecule has 0 aliphatic rings. The van der Waals surface area contributed by atoms with Crippen LogP contribution >= 0.6 is 0 Å². The predicted octanol–water partition coefficient (Wildman–Crippen LogP) is 2.73. The molecule has 2 aromatic rings. The third-order valence-electron chi connectivity index (χ3n) is 4.24. The highest BCUT2D eigenvalue weighted by Gasteiger charge is 2.06. The zero-order valence-corrected chi connectivity index (χ0v) is 16.5. The average Bonchev–Trinajstić information content (AvgIpc) is 2.68. The molecule has 27 heavy (non-hydrogen) atoms. The van der Waals surface area contributed by atoms with Crippen molar-refractivity contribution in [2.45, 2.75) is 32.9 Å². The second-order valence-electron chi connectivity index (χ2n) is 6.38. The van der Waals surface area contributed by atoms with Crippen LogP contribution in [0.25, 0.3) is 0 Å². The van der Waals surface area contributed by atoms with E-state index in [0.29, 0.717) is 0 Å². The third-order valence-corrected chi connectivity index (χ3v) is 4.24. The van der Waals surface area contributed by atoms with Gasteiger partial charge >= 0.3 is 0 Å². The zero-order chi connectivity index (χ0) is 19.5. The van der Waals surface area contributed by atoms with E-state index in [-0.39, 0.29) is 5.56 Å². The maximum Gasteiger partial charge on any atom is 0.250 e. The molecule has 6 nitrogen and oxygen atoms in total. The van der Waals surface area contributed by atoms with E-state index in [1.54, 1.807) is 23.8 Å². The van der Waals surface area contributed by atoms with Gasteiger partial charge in [0, 0.05) is 45.5 Å². The summed E-state index contributed by atoms with van der Waals surface area (Å²) in [5.41, 5.74) is 1.25. The van der Waals surface area contributed by atoms with Gasteiger partial charge < -0.3 is 19.5 Å². The first-order chi connectivity index (χ1) is 13.1. The Morgan fingerprint density at radius 2 is 1.96 bits per heavy atom. The normalized spacial score (nSPS) is 11.3. The number of nitrogens with one attached hydrogen (secondary N) is 1. The van der Waals surface area contributed by atoms with Crippen LogP contribution in [0, 0.1) is 0 Å². The maximum atomic E-state index is 11.7. The lowest BCUT2D eigenvalue weighted by atomic mass is 10.2. The molecule has 6 heteroatoms. The van der Waals surface area contributed by atoms with Crippen molar-refractivity contribution in [1.29, 1.82) is 0 Å². The third kappa shape index (κ3) is 6.81. The van der Waals surface area contributed by atoms with Crippen LogP contribution in [0.2, 0.25) is 0 Å². The fourth-order valence-corrected chi connectivity index (χ4v) is 2.77. The van der Waals surface area contributed by atoms with E-state index in [1.165, 1.54) is 5.56 Å². The number of aliphatic imine (C=N–C) groups is 1. The van der Waals surface area contributed by atoms with E-state index < -0.39 is 0 Å². The molecule has 0 saturated heterocycles. The monoisotopic (exact) mass is 370 g/mol. The number of guanidine groups is 1. The van der Waals surface area contributed by atoms with Crippen LogP contribution in [0.1, 0.15) is 25.3 Å². The minimum absolute atomic E-state index is 0.0496. The summed E-state index contributed by atoms with van der Waals surface area (Å²) in [7, 11) is 3.71. The second kappa shape index (κ2) is 11.1. The van der Waals surface area contributed by atoms with Crippen LogP contribution in [-0.4, -0.2) is 42.7 Å². The van der Waals surface area contributed by atoms with Crippen molar-refractivity contribution in [2.75, 3.05) is 27.2 Å². The molecule has 0 bridgehead atoms. The van der Waals surface area contributed by atoms with Crippen molar-refractivity contribution in [3.8, 4) is 5.75 Å². The van der Waals surface area contributed by atoms with E-state index in [0.717, 1.165) is 50.7 Å². The molecule has 0 spiro atoms. The molecule has 1 N–H and O–H groups in total. The van der Waals surface area contributed by atoms with Crippen LogP contribution in [0.5, 0.6) is 5.75 Å². The van der Waals surface area contributed by atoms with Crippen molar-refractivity contribution < 1.29 is 4.74 Å². The molecular weight excluding hydrogens is 340 g/mol. The Bertz CT molecular complexity index is 768. The molecule has 1 aromatic carbocycles. The summed E-state index contributed by atoms with van der Waals surface area (Å²) in [5, 5.41) is 3.34. The van der Waals surface area contributed by atoms with Gasteiger partial charge in [-0.1, -0.05) is 18.2 Å². The highest BCUT2D eigenvalue weighted by atomic mass is 16.5. The molecule has 0 fully saturated rings. The van der Waals surface area contributed by atoms with Gasteiger partial charge in [0.25, 0.3) is 0 Å². The van der Waals surface area contributed by atoms with E-state index in [2.05, 4.69) is 29.3 Å². The fraction of sp³-hybridized carbons (Fsp3) is 0.429. The molecule has 0 atom stereocenters. The number of methoxy groups -OCH3 is 1. The molecule has 2 rings (SSSR count). The number of hydrogen-bond acceptors (Lipinski definition) is 3. The zero-order valence-electron chi connectivity index (χ0n) is 16.5. The van der Waals surface area contributed by atoms with Crippen LogP contribution in [0.3, 0.4) is 0 Å². The minimum atomic E-state index is 0.0496. The topological polar surface area (TPSA) is 58.9 Å². The first kappa shape index (κ1) is 20.6. The molecule has 0 unspecified atom stereocenters. The van der Waals surface area contributed by atoms with Crippen molar-refractivity contribution in [3.63, 3.8) is 0 Å². The Labute approximate surface area is 161 Å². The number of unbranched alkanes of at least 4 members (excludes halogenated alkanes) is 1. The number of rotatable bonds is 9. The van der Waals surface area contributed by atoms with Gasteiger partial charge in [0.1, 0.15) is 5.75 Å².